The maximum Gasteiger partial charge on any atom is 0.306 e. The Morgan fingerprint density at radius 1 is 0.911 bits per heavy atom. The number of esters is 1. The summed E-state index contributed by atoms with van der Waals surface area (Å²) < 4.78 is 5.40. The molecule has 254 valence electrons. The number of hydrogen-bond donors (Lipinski definition) is 2. The van der Waals surface area contributed by atoms with Gasteiger partial charge in [-0.25, -0.2) is 0 Å². The summed E-state index contributed by atoms with van der Waals surface area (Å²) in [5.41, 5.74) is -1.40. The smallest absolute Gasteiger partial charge is 0.306 e. The molecule has 0 amide bonds. The molecule has 0 unspecified atom stereocenters. The number of aliphatic hydroxyl groups excluding tert-OH is 1. The van der Waals surface area contributed by atoms with Crippen molar-refractivity contribution in [1.29, 1.82) is 0 Å². The van der Waals surface area contributed by atoms with E-state index in [9.17, 15) is 24.6 Å². The van der Waals surface area contributed by atoms with Crippen LogP contribution in [0, 0.1) is 28.6 Å². The van der Waals surface area contributed by atoms with Crippen molar-refractivity contribution in [2.75, 3.05) is 6.61 Å². The fourth-order valence-electron chi connectivity index (χ4n) is 9.83. The van der Waals surface area contributed by atoms with Crippen LogP contribution >= 0.6 is 0 Å². The van der Waals surface area contributed by atoms with E-state index >= 15 is 0 Å². The van der Waals surface area contributed by atoms with E-state index in [4.69, 9.17) is 4.74 Å². The summed E-state index contributed by atoms with van der Waals surface area (Å²) in [6.07, 6.45) is 26.0. The molecular formula is C39H62O6. The van der Waals surface area contributed by atoms with Crippen LogP contribution in [0.25, 0.3) is 0 Å². The fraction of sp³-hybridized carbons (Fsp3) is 0.821. The normalized spacial score (nSPS) is 34.2. The van der Waals surface area contributed by atoms with Crippen molar-refractivity contribution in [2.45, 2.75) is 167 Å². The summed E-state index contributed by atoms with van der Waals surface area (Å²) in [6.45, 7) is 6.02. The molecule has 0 aromatic carbocycles. The lowest BCUT2D eigenvalue weighted by Gasteiger charge is -2.60. The zero-order valence-corrected chi connectivity index (χ0v) is 28.6. The van der Waals surface area contributed by atoms with E-state index in [2.05, 4.69) is 26.0 Å². The molecule has 0 heterocycles. The first-order valence-corrected chi connectivity index (χ1v) is 18.5. The van der Waals surface area contributed by atoms with Gasteiger partial charge in [0.05, 0.1) is 6.10 Å². The van der Waals surface area contributed by atoms with Crippen LogP contribution in [-0.4, -0.2) is 46.1 Å². The zero-order chi connectivity index (χ0) is 32.5. The number of rotatable bonds is 18. The number of carbonyl (C=O) groups is 3. The maximum absolute atomic E-state index is 13.5. The van der Waals surface area contributed by atoms with Gasteiger partial charge in [0.1, 0.15) is 5.60 Å². The SMILES string of the molecule is CCCCCCCC/C=C\CCCCCCCC(=O)OCC(=O)[C@@]1(O)CC[C@H]2[C@@H]3CCC4=CC(=O)CC[C@]4(C)[C@H]3[C@@H](O)C[C@@]21C. The molecular weight excluding hydrogens is 564 g/mol. The van der Waals surface area contributed by atoms with Crippen molar-refractivity contribution >= 4 is 17.5 Å². The van der Waals surface area contributed by atoms with Gasteiger partial charge < -0.3 is 14.9 Å². The Labute approximate surface area is 272 Å². The Bertz CT molecular complexity index is 1080. The minimum Gasteiger partial charge on any atom is -0.458 e. The van der Waals surface area contributed by atoms with Gasteiger partial charge in [0.15, 0.2) is 12.4 Å². The second kappa shape index (κ2) is 16.4. The molecule has 6 heteroatoms. The van der Waals surface area contributed by atoms with Gasteiger partial charge in [0.25, 0.3) is 0 Å². The summed E-state index contributed by atoms with van der Waals surface area (Å²) in [5.74, 6) is -0.280. The number of aliphatic hydroxyl groups is 2. The number of unbranched alkanes of at least 4 members (excludes halogenated alkanes) is 11. The summed E-state index contributed by atoms with van der Waals surface area (Å²) in [5, 5.41) is 23.4. The van der Waals surface area contributed by atoms with E-state index < -0.39 is 29.5 Å². The largest absolute Gasteiger partial charge is 0.458 e. The van der Waals surface area contributed by atoms with E-state index in [-0.39, 0.29) is 34.9 Å². The molecule has 0 aromatic heterocycles. The second-order valence-corrected chi connectivity index (χ2v) is 15.4. The Kier molecular flexibility index (Phi) is 13.1. The molecule has 0 aromatic rings. The Morgan fingerprint density at radius 2 is 1.56 bits per heavy atom. The molecule has 7 atom stereocenters. The molecule has 3 saturated carbocycles. The average Bonchev–Trinajstić information content (AvgIpc) is 3.28. The van der Waals surface area contributed by atoms with E-state index in [1.165, 1.54) is 56.9 Å². The molecule has 6 nitrogen and oxygen atoms in total. The van der Waals surface area contributed by atoms with Gasteiger partial charge in [-0.15, -0.1) is 0 Å². The maximum atomic E-state index is 13.5. The highest BCUT2D eigenvalue weighted by Crippen LogP contribution is 2.67. The molecule has 3 fully saturated rings. The number of fused-ring (bicyclic) bond motifs is 5. The van der Waals surface area contributed by atoms with Crippen molar-refractivity contribution < 1.29 is 29.3 Å². The summed E-state index contributed by atoms with van der Waals surface area (Å²) >= 11 is 0. The van der Waals surface area contributed by atoms with E-state index in [1.807, 2.05) is 13.0 Å². The monoisotopic (exact) mass is 626 g/mol. The van der Waals surface area contributed by atoms with Gasteiger partial charge in [-0.1, -0.05) is 89.9 Å². The fourth-order valence-corrected chi connectivity index (χ4v) is 9.83. The molecule has 0 spiro atoms. The van der Waals surface area contributed by atoms with Crippen LogP contribution in [0.4, 0.5) is 0 Å². The molecule has 2 N–H and O–H groups in total. The lowest BCUT2D eigenvalue weighted by molar-refractivity contribution is -0.184. The standard InChI is InChI=1S/C39H62O6/c1-4-5-6-7-8-9-10-11-12-13-14-15-16-17-18-19-35(43)45-28-34(42)39(44)25-23-32-31-21-20-29-26-30(40)22-24-37(29,2)36(31)33(41)27-38(32,39)3/h11-12,26,31-33,36,41,44H,4-10,13-25,27-28H2,1-3H3/b12-11-/t31-,32-,33-,36+,37-,38-,39-/m0/s1. The van der Waals surface area contributed by atoms with E-state index in [0.717, 1.165) is 57.8 Å². The minimum atomic E-state index is -1.60. The van der Waals surface area contributed by atoms with Crippen LogP contribution in [0.3, 0.4) is 0 Å². The average molecular weight is 627 g/mol. The van der Waals surface area contributed by atoms with Crippen LogP contribution in [0.15, 0.2) is 23.8 Å². The quantitative estimate of drug-likeness (QED) is 0.0901. The number of carbonyl (C=O) groups excluding carboxylic acids is 3. The van der Waals surface area contributed by atoms with Crippen LogP contribution in [0.5, 0.6) is 0 Å². The topological polar surface area (TPSA) is 101 Å². The molecule has 4 aliphatic carbocycles. The molecule has 0 saturated heterocycles. The van der Waals surface area contributed by atoms with Crippen molar-refractivity contribution in [1.82, 2.24) is 0 Å². The summed E-state index contributed by atoms with van der Waals surface area (Å²) in [7, 11) is 0. The highest BCUT2D eigenvalue weighted by molar-refractivity contribution is 5.92. The van der Waals surface area contributed by atoms with Gasteiger partial charge >= 0.3 is 5.97 Å². The first kappa shape index (κ1) is 36.1. The highest BCUT2D eigenvalue weighted by atomic mass is 16.5. The lowest BCUT2D eigenvalue weighted by Crippen LogP contribution is -2.62. The van der Waals surface area contributed by atoms with Crippen molar-refractivity contribution in [3.63, 3.8) is 0 Å². The van der Waals surface area contributed by atoms with Crippen LogP contribution in [0.1, 0.15) is 156 Å². The van der Waals surface area contributed by atoms with Gasteiger partial charge in [-0.3, -0.25) is 14.4 Å². The molecule has 0 radical (unpaired) electrons. The van der Waals surface area contributed by atoms with E-state index in [0.29, 0.717) is 25.7 Å². The highest BCUT2D eigenvalue weighted by Gasteiger charge is 2.68. The summed E-state index contributed by atoms with van der Waals surface area (Å²) in [6, 6.07) is 0. The van der Waals surface area contributed by atoms with Gasteiger partial charge in [0.2, 0.25) is 5.78 Å². The number of hydrogen-bond acceptors (Lipinski definition) is 6. The zero-order valence-electron chi connectivity index (χ0n) is 28.6. The number of allylic oxidation sites excluding steroid dienone is 3. The van der Waals surface area contributed by atoms with Crippen LogP contribution < -0.4 is 0 Å². The third-order valence-electron chi connectivity index (χ3n) is 12.5. The van der Waals surface area contributed by atoms with Crippen LogP contribution in [-0.2, 0) is 19.1 Å². The van der Waals surface area contributed by atoms with Crippen molar-refractivity contribution in [3.05, 3.63) is 23.8 Å². The molecule has 4 rings (SSSR count). The number of ketones is 2. The van der Waals surface area contributed by atoms with Crippen molar-refractivity contribution in [3.8, 4) is 0 Å². The first-order chi connectivity index (χ1) is 21.6. The predicted octanol–water partition coefficient (Wildman–Crippen LogP) is 8.37. The van der Waals surface area contributed by atoms with Gasteiger partial charge in [-0.2, -0.15) is 0 Å². The molecule has 0 aliphatic heterocycles. The van der Waals surface area contributed by atoms with Crippen LogP contribution in [0.2, 0.25) is 0 Å². The third kappa shape index (κ3) is 8.20. The van der Waals surface area contributed by atoms with E-state index in [1.54, 1.807) is 0 Å². The Balaban J connectivity index is 1.14. The molecule has 45 heavy (non-hydrogen) atoms. The minimum absolute atomic E-state index is 0.0327. The Hall–Kier alpha value is -1.79. The predicted molar refractivity (Wildman–Crippen MR) is 178 cm³/mol. The number of Topliss-reactive ketones (excluding diaryl/α,β-unsaturated/α-hetero) is 1. The third-order valence-corrected chi connectivity index (χ3v) is 12.5. The molecule has 4 aliphatic rings. The second-order valence-electron chi connectivity index (χ2n) is 15.4. The number of ether oxygens (including phenoxy) is 1. The molecule has 0 bridgehead atoms. The van der Waals surface area contributed by atoms with Gasteiger partial charge in [-0.05, 0) is 99.9 Å². The van der Waals surface area contributed by atoms with Gasteiger partial charge in [0, 0.05) is 18.3 Å². The summed E-state index contributed by atoms with van der Waals surface area (Å²) in [4.78, 5) is 38.1. The lowest BCUT2D eigenvalue weighted by atomic mass is 9.45. The Morgan fingerprint density at radius 3 is 2.24 bits per heavy atom. The first-order valence-electron chi connectivity index (χ1n) is 18.5. The van der Waals surface area contributed by atoms with Crippen molar-refractivity contribution in [2.24, 2.45) is 28.6 Å².